The third-order valence-corrected chi connectivity index (χ3v) is 5.06. The number of aryl methyl sites for hydroxylation is 1. The molecule has 1 aromatic heterocycles. The van der Waals surface area contributed by atoms with Crippen molar-refractivity contribution in [2.75, 3.05) is 25.0 Å². The van der Waals surface area contributed by atoms with Crippen LogP contribution in [-0.2, 0) is 4.79 Å². The Balaban J connectivity index is 1.47. The predicted molar refractivity (Wildman–Crippen MR) is 92.0 cm³/mol. The number of anilines is 1. The number of carbonyl (C=O) groups excluding carboxylic acids is 1. The fraction of sp³-hybridized carbons (Fsp3) is 0.412. The van der Waals surface area contributed by atoms with Crippen molar-refractivity contribution in [3.8, 4) is 5.75 Å². The molecule has 0 aliphatic carbocycles. The summed E-state index contributed by atoms with van der Waals surface area (Å²) in [6.07, 6.45) is 2.07. The average molecular weight is 331 g/mol. The predicted octanol–water partition coefficient (Wildman–Crippen LogP) is 2.98. The third-order valence-electron chi connectivity index (χ3n) is 4.18. The first kappa shape index (κ1) is 16.0. The Morgan fingerprint density at radius 2 is 2.04 bits per heavy atom. The number of benzene rings is 1. The lowest BCUT2D eigenvalue weighted by atomic mass is 9.89. The van der Waals surface area contributed by atoms with Gasteiger partial charge in [0.15, 0.2) is 5.13 Å². The molecule has 0 unspecified atom stereocenters. The van der Waals surface area contributed by atoms with Gasteiger partial charge in [-0.2, -0.15) is 0 Å². The van der Waals surface area contributed by atoms with E-state index in [-0.39, 0.29) is 5.91 Å². The van der Waals surface area contributed by atoms with Crippen molar-refractivity contribution in [2.24, 2.45) is 0 Å². The van der Waals surface area contributed by atoms with Gasteiger partial charge in [-0.3, -0.25) is 9.69 Å². The smallest absolute Gasteiger partial charge is 0.240 e. The Morgan fingerprint density at radius 1 is 1.35 bits per heavy atom. The van der Waals surface area contributed by atoms with Crippen LogP contribution in [0, 0.1) is 6.92 Å². The van der Waals surface area contributed by atoms with Crippen LogP contribution >= 0.6 is 11.3 Å². The van der Waals surface area contributed by atoms with Crippen molar-refractivity contribution in [3.05, 3.63) is 40.9 Å². The van der Waals surface area contributed by atoms with Crippen LogP contribution in [0.2, 0.25) is 0 Å². The molecule has 5 nitrogen and oxygen atoms in total. The monoisotopic (exact) mass is 331 g/mol. The highest BCUT2D eigenvalue weighted by molar-refractivity contribution is 7.13. The second-order valence-electron chi connectivity index (χ2n) is 5.98. The zero-order valence-corrected chi connectivity index (χ0v) is 14.0. The van der Waals surface area contributed by atoms with Crippen molar-refractivity contribution in [1.29, 1.82) is 0 Å². The summed E-state index contributed by atoms with van der Waals surface area (Å²) in [7, 11) is 0. The summed E-state index contributed by atoms with van der Waals surface area (Å²) in [5, 5.41) is 14.8. The van der Waals surface area contributed by atoms with Crippen LogP contribution in [0.3, 0.4) is 0 Å². The van der Waals surface area contributed by atoms with E-state index in [1.165, 1.54) is 16.9 Å². The van der Waals surface area contributed by atoms with Gasteiger partial charge in [0.25, 0.3) is 0 Å². The number of carbonyl (C=O) groups is 1. The molecule has 1 fully saturated rings. The number of nitrogens with one attached hydrogen (secondary N) is 1. The Labute approximate surface area is 140 Å². The second kappa shape index (κ2) is 7.10. The Kier molecular flexibility index (Phi) is 4.93. The van der Waals surface area contributed by atoms with E-state index >= 15 is 0 Å². The maximum Gasteiger partial charge on any atom is 0.240 e. The van der Waals surface area contributed by atoms with Crippen LogP contribution in [0.25, 0.3) is 0 Å². The first-order valence-electron chi connectivity index (χ1n) is 7.83. The van der Waals surface area contributed by atoms with Crippen LogP contribution in [0.15, 0.2) is 29.6 Å². The van der Waals surface area contributed by atoms with Crippen LogP contribution in [0.4, 0.5) is 5.13 Å². The van der Waals surface area contributed by atoms with Gasteiger partial charge in [0, 0.05) is 5.38 Å². The van der Waals surface area contributed by atoms with Gasteiger partial charge in [0.2, 0.25) is 5.91 Å². The van der Waals surface area contributed by atoms with E-state index in [2.05, 4.69) is 15.2 Å². The minimum Gasteiger partial charge on any atom is -0.508 e. The van der Waals surface area contributed by atoms with Crippen molar-refractivity contribution in [1.82, 2.24) is 9.88 Å². The number of aromatic hydroxyl groups is 1. The number of hydrogen-bond acceptors (Lipinski definition) is 5. The van der Waals surface area contributed by atoms with Crippen molar-refractivity contribution in [2.45, 2.75) is 25.7 Å². The fourth-order valence-electron chi connectivity index (χ4n) is 2.94. The lowest BCUT2D eigenvalue weighted by Crippen LogP contribution is -2.38. The van der Waals surface area contributed by atoms with E-state index in [1.54, 1.807) is 12.1 Å². The molecule has 1 amide bonds. The normalized spacial score (nSPS) is 16.4. The van der Waals surface area contributed by atoms with E-state index in [0.717, 1.165) is 31.6 Å². The second-order valence-corrected chi connectivity index (χ2v) is 6.84. The lowest BCUT2D eigenvalue weighted by Gasteiger charge is -2.31. The van der Waals surface area contributed by atoms with Crippen LogP contribution < -0.4 is 5.32 Å². The van der Waals surface area contributed by atoms with Gasteiger partial charge in [0.1, 0.15) is 5.75 Å². The molecule has 23 heavy (non-hydrogen) atoms. The number of nitrogens with zero attached hydrogens (tertiary/aromatic N) is 2. The summed E-state index contributed by atoms with van der Waals surface area (Å²) in [5.41, 5.74) is 2.20. The number of rotatable bonds is 4. The first-order chi connectivity index (χ1) is 11.1. The van der Waals surface area contributed by atoms with Gasteiger partial charge in [0.05, 0.1) is 12.2 Å². The van der Waals surface area contributed by atoms with Gasteiger partial charge < -0.3 is 10.4 Å². The van der Waals surface area contributed by atoms with Gasteiger partial charge in [-0.05, 0) is 56.5 Å². The molecule has 0 radical (unpaired) electrons. The Hall–Kier alpha value is -1.92. The Morgan fingerprint density at radius 3 is 2.65 bits per heavy atom. The summed E-state index contributed by atoms with van der Waals surface area (Å²) in [5.74, 6) is 0.819. The largest absolute Gasteiger partial charge is 0.508 e. The molecule has 6 heteroatoms. The number of likely N-dealkylation sites (tertiary alicyclic amines) is 1. The highest BCUT2D eigenvalue weighted by atomic mass is 32.1. The van der Waals surface area contributed by atoms with E-state index < -0.39 is 0 Å². The molecular formula is C17H21N3O2S. The van der Waals surface area contributed by atoms with E-state index in [4.69, 9.17) is 0 Å². The molecular weight excluding hydrogens is 310 g/mol. The SMILES string of the molecule is Cc1csc(NC(=O)CN2CCC(c3ccc(O)cc3)CC2)n1. The molecule has 2 heterocycles. The molecule has 122 valence electrons. The molecule has 0 saturated carbocycles. The average Bonchev–Trinajstić information content (AvgIpc) is 2.94. The number of phenolic OH excluding ortho intramolecular Hbond substituents is 1. The highest BCUT2D eigenvalue weighted by Crippen LogP contribution is 2.28. The molecule has 1 saturated heterocycles. The quantitative estimate of drug-likeness (QED) is 0.904. The number of aromatic nitrogens is 1. The van der Waals surface area contributed by atoms with Crippen LogP contribution in [0.5, 0.6) is 5.75 Å². The lowest BCUT2D eigenvalue weighted by molar-refractivity contribution is -0.117. The molecule has 0 atom stereocenters. The fourth-order valence-corrected chi connectivity index (χ4v) is 3.65. The summed E-state index contributed by atoms with van der Waals surface area (Å²) in [6, 6.07) is 7.47. The van der Waals surface area contributed by atoms with E-state index in [9.17, 15) is 9.90 Å². The van der Waals surface area contributed by atoms with Gasteiger partial charge in [-0.25, -0.2) is 4.98 Å². The maximum absolute atomic E-state index is 12.1. The summed E-state index contributed by atoms with van der Waals surface area (Å²) < 4.78 is 0. The third kappa shape index (κ3) is 4.30. The molecule has 2 N–H and O–H groups in total. The molecule has 1 aliphatic rings. The maximum atomic E-state index is 12.1. The van der Waals surface area contributed by atoms with Crippen LogP contribution in [0.1, 0.15) is 30.0 Å². The zero-order chi connectivity index (χ0) is 16.2. The van der Waals surface area contributed by atoms with Crippen LogP contribution in [-0.4, -0.2) is 40.5 Å². The number of phenols is 1. The van der Waals surface area contributed by atoms with E-state index in [1.807, 2.05) is 24.4 Å². The number of amides is 1. The summed E-state index contributed by atoms with van der Waals surface area (Å²) in [4.78, 5) is 18.5. The number of thiazole rings is 1. The molecule has 3 rings (SSSR count). The van der Waals surface area contributed by atoms with Gasteiger partial charge >= 0.3 is 0 Å². The highest BCUT2D eigenvalue weighted by Gasteiger charge is 2.22. The summed E-state index contributed by atoms with van der Waals surface area (Å²) in [6.45, 7) is 4.16. The number of hydrogen-bond donors (Lipinski definition) is 2. The van der Waals surface area contributed by atoms with Crippen molar-refractivity contribution < 1.29 is 9.90 Å². The topological polar surface area (TPSA) is 65.5 Å². The Bertz CT molecular complexity index is 661. The standard InChI is InChI=1S/C17H21N3O2S/c1-12-11-23-17(18-12)19-16(22)10-20-8-6-14(7-9-20)13-2-4-15(21)5-3-13/h2-5,11,14,21H,6-10H2,1H3,(H,18,19,22). The van der Waals surface area contributed by atoms with Gasteiger partial charge in [-0.15, -0.1) is 11.3 Å². The van der Waals surface area contributed by atoms with Crippen molar-refractivity contribution >= 4 is 22.4 Å². The molecule has 1 aliphatic heterocycles. The van der Waals surface area contributed by atoms with Crippen molar-refractivity contribution in [3.63, 3.8) is 0 Å². The molecule has 0 bridgehead atoms. The minimum absolute atomic E-state index is 0.00225. The molecule has 0 spiro atoms. The molecule has 2 aromatic rings. The zero-order valence-electron chi connectivity index (χ0n) is 13.2. The van der Waals surface area contributed by atoms with Gasteiger partial charge in [-0.1, -0.05) is 12.1 Å². The first-order valence-corrected chi connectivity index (χ1v) is 8.71. The summed E-state index contributed by atoms with van der Waals surface area (Å²) >= 11 is 1.46. The number of piperidine rings is 1. The minimum atomic E-state index is 0.00225. The molecule has 1 aromatic carbocycles. The van der Waals surface area contributed by atoms with E-state index in [0.29, 0.717) is 23.3 Å².